The van der Waals surface area contributed by atoms with Crippen LogP contribution < -0.4 is 10.6 Å². The predicted molar refractivity (Wildman–Crippen MR) is 115 cm³/mol. The third-order valence-corrected chi connectivity index (χ3v) is 4.28. The number of halogens is 1. The van der Waals surface area contributed by atoms with Gasteiger partial charge in [-0.1, -0.05) is 48.0 Å². The van der Waals surface area contributed by atoms with Crippen molar-refractivity contribution >= 4 is 40.9 Å². The summed E-state index contributed by atoms with van der Waals surface area (Å²) in [6, 6.07) is 20.6. The van der Waals surface area contributed by atoms with Gasteiger partial charge in [0.1, 0.15) is 5.70 Å². The molecular formula is C22H16ClN3O4. The Hall–Kier alpha value is -3.97. The van der Waals surface area contributed by atoms with Gasteiger partial charge in [-0.3, -0.25) is 19.7 Å². The SMILES string of the molecule is O=C(Nc1cccc([N+](=O)[O-])c1)/C(=C\c1ccc(Cl)cc1)NC(=O)c1ccccc1. The second-order valence-electron chi connectivity index (χ2n) is 6.19. The van der Waals surface area contributed by atoms with E-state index in [-0.39, 0.29) is 17.1 Å². The minimum absolute atomic E-state index is 0.0299. The van der Waals surface area contributed by atoms with Crippen LogP contribution in [0.4, 0.5) is 11.4 Å². The Morgan fingerprint density at radius 1 is 0.933 bits per heavy atom. The molecule has 0 atom stereocenters. The molecule has 3 rings (SSSR count). The van der Waals surface area contributed by atoms with Gasteiger partial charge in [0.25, 0.3) is 17.5 Å². The van der Waals surface area contributed by atoms with Gasteiger partial charge < -0.3 is 10.6 Å². The van der Waals surface area contributed by atoms with Crippen molar-refractivity contribution in [2.24, 2.45) is 0 Å². The fraction of sp³-hybridized carbons (Fsp3) is 0. The van der Waals surface area contributed by atoms with Crippen LogP contribution in [0.5, 0.6) is 0 Å². The molecule has 0 heterocycles. The Kier molecular flexibility index (Phi) is 6.56. The van der Waals surface area contributed by atoms with Crippen LogP contribution >= 0.6 is 11.6 Å². The number of nitrogens with one attached hydrogen (secondary N) is 2. The van der Waals surface area contributed by atoms with Gasteiger partial charge in [-0.05, 0) is 42.0 Å². The number of hydrogen-bond acceptors (Lipinski definition) is 4. The summed E-state index contributed by atoms with van der Waals surface area (Å²) >= 11 is 5.90. The highest BCUT2D eigenvalue weighted by Gasteiger charge is 2.16. The zero-order valence-electron chi connectivity index (χ0n) is 15.5. The highest BCUT2D eigenvalue weighted by Crippen LogP contribution is 2.18. The first-order valence-corrected chi connectivity index (χ1v) is 9.19. The highest BCUT2D eigenvalue weighted by atomic mass is 35.5. The van der Waals surface area contributed by atoms with Crippen molar-refractivity contribution in [1.29, 1.82) is 0 Å². The molecular weight excluding hydrogens is 406 g/mol. The molecule has 0 aliphatic carbocycles. The molecule has 30 heavy (non-hydrogen) atoms. The molecule has 0 fully saturated rings. The molecule has 0 bridgehead atoms. The average molecular weight is 422 g/mol. The normalized spacial score (nSPS) is 10.9. The molecule has 0 radical (unpaired) electrons. The fourth-order valence-corrected chi connectivity index (χ4v) is 2.69. The Bertz CT molecular complexity index is 1110. The molecule has 150 valence electrons. The third kappa shape index (κ3) is 5.52. The first-order chi connectivity index (χ1) is 14.4. The van der Waals surface area contributed by atoms with Crippen LogP contribution in [0.3, 0.4) is 0 Å². The topological polar surface area (TPSA) is 101 Å². The molecule has 0 aliphatic heterocycles. The Balaban J connectivity index is 1.89. The molecule has 3 aromatic carbocycles. The van der Waals surface area contributed by atoms with Crippen LogP contribution in [-0.2, 0) is 4.79 Å². The van der Waals surface area contributed by atoms with E-state index in [4.69, 9.17) is 11.6 Å². The molecule has 0 aliphatic rings. The number of carbonyl (C=O) groups excluding carboxylic acids is 2. The van der Waals surface area contributed by atoms with Crippen molar-refractivity contribution in [2.75, 3.05) is 5.32 Å². The minimum Gasteiger partial charge on any atom is -0.320 e. The Morgan fingerprint density at radius 3 is 2.30 bits per heavy atom. The number of anilines is 1. The predicted octanol–water partition coefficient (Wildman–Crippen LogP) is 4.66. The van der Waals surface area contributed by atoms with Crippen molar-refractivity contribution in [2.45, 2.75) is 0 Å². The standard InChI is InChI=1S/C22H16ClN3O4/c23-17-11-9-15(10-12-17)13-20(25-21(27)16-5-2-1-3-6-16)22(28)24-18-7-4-8-19(14-18)26(29)30/h1-14H,(H,24,28)(H,25,27)/b20-13+. The van der Waals surface area contributed by atoms with Crippen LogP contribution in [0, 0.1) is 10.1 Å². The van der Waals surface area contributed by atoms with Gasteiger partial charge in [0.05, 0.1) is 4.92 Å². The Morgan fingerprint density at radius 2 is 1.63 bits per heavy atom. The molecule has 8 heteroatoms. The monoisotopic (exact) mass is 421 g/mol. The molecule has 0 saturated heterocycles. The lowest BCUT2D eigenvalue weighted by Gasteiger charge is -2.11. The van der Waals surface area contributed by atoms with Gasteiger partial charge in [-0.25, -0.2) is 0 Å². The maximum absolute atomic E-state index is 12.8. The quantitative estimate of drug-likeness (QED) is 0.343. The van der Waals surface area contributed by atoms with E-state index in [0.717, 1.165) is 0 Å². The minimum atomic E-state index is -0.630. The van der Waals surface area contributed by atoms with E-state index in [1.54, 1.807) is 54.6 Å². The zero-order chi connectivity index (χ0) is 21.5. The van der Waals surface area contributed by atoms with Crippen LogP contribution in [-0.4, -0.2) is 16.7 Å². The van der Waals surface area contributed by atoms with Gasteiger partial charge >= 0.3 is 0 Å². The van der Waals surface area contributed by atoms with Crippen LogP contribution in [0.2, 0.25) is 5.02 Å². The molecule has 3 aromatic rings. The van der Waals surface area contributed by atoms with E-state index in [2.05, 4.69) is 10.6 Å². The number of non-ortho nitro benzene ring substituents is 1. The molecule has 0 spiro atoms. The summed E-state index contributed by atoms with van der Waals surface area (Å²) < 4.78 is 0. The van der Waals surface area contributed by atoms with E-state index in [1.807, 2.05) is 0 Å². The molecule has 0 saturated carbocycles. The number of hydrogen-bond donors (Lipinski definition) is 2. The number of nitro groups is 1. The lowest BCUT2D eigenvalue weighted by molar-refractivity contribution is -0.384. The molecule has 2 amide bonds. The smallest absolute Gasteiger partial charge is 0.272 e. The molecule has 0 aromatic heterocycles. The van der Waals surface area contributed by atoms with Crippen LogP contribution in [0.1, 0.15) is 15.9 Å². The van der Waals surface area contributed by atoms with Crippen LogP contribution in [0.25, 0.3) is 6.08 Å². The molecule has 7 nitrogen and oxygen atoms in total. The summed E-state index contributed by atoms with van der Waals surface area (Å²) in [6.07, 6.45) is 1.49. The zero-order valence-corrected chi connectivity index (χ0v) is 16.3. The maximum atomic E-state index is 12.8. The van der Waals surface area contributed by atoms with Gasteiger partial charge in [0, 0.05) is 28.4 Å². The number of rotatable bonds is 6. The number of amides is 2. The number of benzene rings is 3. The number of carbonyl (C=O) groups is 2. The first kappa shape index (κ1) is 20.8. The summed E-state index contributed by atoms with van der Waals surface area (Å²) in [6.45, 7) is 0. The Labute approximate surface area is 177 Å². The fourth-order valence-electron chi connectivity index (χ4n) is 2.56. The van der Waals surface area contributed by atoms with Gasteiger partial charge in [-0.2, -0.15) is 0 Å². The third-order valence-electron chi connectivity index (χ3n) is 4.02. The highest BCUT2D eigenvalue weighted by molar-refractivity contribution is 6.30. The van der Waals surface area contributed by atoms with Crippen molar-refractivity contribution < 1.29 is 14.5 Å². The largest absolute Gasteiger partial charge is 0.320 e. The van der Waals surface area contributed by atoms with Crippen molar-refractivity contribution in [3.8, 4) is 0 Å². The van der Waals surface area contributed by atoms with E-state index in [9.17, 15) is 19.7 Å². The summed E-state index contributed by atoms with van der Waals surface area (Å²) in [5, 5.41) is 16.7. The molecule has 2 N–H and O–H groups in total. The second kappa shape index (κ2) is 9.49. The summed E-state index contributed by atoms with van der Waals surface area (Å²) in [4.78, 5) is 35.8. The van der Waals surface area contributed by atoms with E-state index >= 15 is 0 Å². The van der Waals surface area contributed by atoms with E-state index in [0.29, 0.717) is 16.1 Å². The van der Waals surface area contributed by atoms with E-state index < -0.39 is 16.7 Å². The van der Waals surface area contributed by atoms with Gasteiger partial charge in [-0.15, -0.1) is 0 Å². The van der Waals surface area contributed by atoms with Crippen molar-refractivity contribution in [3.05, 3.63) is 111 Å². The average Bonchev–Trinajstić information content (AvgIpc) is 2.75. The lowest BCUT2D eigenvalue weighted by atomic mass is 10.1. The van der Waals surface area contributed by atoms with Crippen molar-refractivity contribution in [3.63, 3.8) is 0 Å². The summed E-state index contributed by atoms with van der Waals surface area (Å²) in [7, 11) is 0. The van der Waals surface area contributed by atoms with Gasteiger partial charge in [0.2, 0.25) is 0 Å². The molecule has 0 unspecified atom stereocenters. The number of nitrogens with zero attached hydrogens (tertiary/aromatic N) is 1. The van der Waals surface area contributed by atoms with Crippen molar-refractivity contribution in [1.82, 2.24) is 5.32 Å². The van der Waals surface area contributed by atoms with Crippen LogP contribution in [0.15, 0.2) is 84.6 Å². The van der Waals surface area contributed by atoms with E-state index in [1.165, 1.54) is 30.3 Å². The lowest BCUT2D eigenvalue weighted by Crippen LogP contribution is -2.30. The number of nitro benzene ring substituents is 1. The maximum Gasteiger partial charge on any atom is 0.272 e. The summed E-state index contributed by atoms with van der Waals surface area (Å²) in [5.74, 6) is -1.10. The van der Waals surface area contributed by atoms with Gasteiger partial charge in [0.15, 0.2) is 0 Å². The first-order valence-electron chi connectivity index (χ1n) is 8.82. The summed E-state index contributed by atoms with van der Waals surface area (Å²) in [5.41, 5.74) is 1.05. The second-order valence-corrected chi connectivity index (χ2v) is 6.63.